The Hall–Kier alpha value is -3.35. The van der Waals surface area contributed by atoms with Crippen molar-refractivity contribution in [1.82, 2.24) is 20.8 Å². The highest BCUT2D eigenvalue weighted by Crippen LogP contribution is 2.16. The second-order valence-corrected chi connectivity index (χ2v) is 6.92. The van der Waals surface area contributed by atoms with E-state index >= 15 is 0 Å². The fraction of sp³-hybridized carbons (Fsp3) is 0.318. The first kappa shape index (κ1) is 21.9. The van der Waals surface area contributed by atoms with Crippen LogP contribution in [0, 0.1) is 0 Å². The third-order valence-corrected chi connectivity index (χ3v) is 4.02. The molecule has 0 saturated carbocycles. The number of H-pyrrole nitrogens is 1. The molecule has 0 radical (unpaired) electrons. The fourth-order valence-electron chi connectivity index (χ4n) is 2.75. The molecule has 0 spiro atoms. The van der Waals surface area contributed by atoms with Crippen LogP contribution < -0.4 is 21.5 Å². The third-order valence-electron chi connectivity index (χ3n) is 4.02. The highest BCUT2D eigenvalue weighted by Gasteiger charge is 2.05. The Morgan fingerprint density at radius 3 is 2.62 bits per heavy atom. The van der Waals surface area contributed by atoms with Crippen molar-refractivity contribution in [3.8, 4) is 0 Å². The lowest BCUT2D eigenvalue weighted by Gasteiger charge is -2.09. The summed E-state index contributed by atoms with van der Waals surface area (Å²) in [5, 5.41) is 16.7. The lowest BCUT2D eigenvalue weighted by molar-refractivity contribution is 0.242. The highest BCUT2D eigenvalue weighted by molar-refractivity contribution is 5.90. The minimum atomic E-state index is -0.207. The van der Waals surface area contributed by atoms with Gasteiger partial charge in [-0.15, -0.1) is 0 Å². The maximum absolute atomic E-state index is 11.8. The molecule has 4 N–H and O–H groups in total. The minimum Gasteiger partial charge on any atom is -0.368 e. The number of carbonyl (C=O) groups is 1. The van der Waals surface area contributed by atoms with E-state index in [1.165, 1.54) is 11.1 Å². The van der Waals surface area contributed by atoms with Crippen molar-refractivity contribution in [2.75, 3.05) is 25.0 Å². The molecule has 0 bridgehead atoms. The van der Waals surface area contributed by atoms with E-state index < -0.39 is 0 Å². The minimum absolute atomic E-state index is 0.202. The monoisotopic (exact) mass is 395 g/mol. The van der Waals surface area contributed by atoms with E-state index in [9.17, 15) is 9.59 Å². The zero-order chi connectivity index (χ0) is 21.1. The van der Waals surface area contributed by atoms with Crippen LogP contribution in [0.2, 0.25) is 0 Å². The van der Waals surface area contributed by atoms with Gasteiger partial charge >= 0.3 is 6.03 Å². The van der Waals surface area contributed by atoms with E-state index in [0.717, 1.165) is 11.8 Å². The molecule has 1 aromatic carbocycles. The number of urea groups is 1. The van der Waals surface area contributed by atoms with Crippen molar-refractivity contribution >= 4 is 22.6 Å². The Morgan fingerprint density at radius 1 is 1.10 bits per heavy atom. The average Bonchev–Trinajstić information content (AvgIpc) is 2.68. The van der Waals surface area contributed by atoms with Crippen LogP contribution in [0.4, 0.5) is 10.6 Å². The molecule has 29 heavy (non-hydrogen) atoms. The number of carbonyl (C=O) groups excluding carboxylic acids is 1. The summed E-state index contributed by atoms with van der Waals surface area (Å²) in [5.41, 5.74) is 2.22. The van der Waals surface area contributed by atoms with Crippen LogP contribution in [0.1, 0.15) is 27.2 Å². The Bertz CT molecular complexity index is 969. The number of anilines is 1. The predicted molar refractivity (Wildman–Crippen MR) is 119 cm³/mol. The quantitative estimate of drug-likeness (QED) is 0.386. The lowest BCUT2D eigenvalue weighted by Crippen LogP contribution is -2.36. The molecule has 0 unspecified atom stereocenters. The number of hydrogen-bond acceptors (Lipinski definition) is 4. The normalized spacial score (nSPS) is 11.5. The zero-order valence-electron chi connectivity index (χ0n) is 17.2. The number of fused-ring (bicyclic) bond motifs is 1. The van der Waals surface area contributed by atoms with Crippen LogP contribution in [-0.2, 0) is 0 Å². The third kappa shape index (κ3) is 7.65. The van der Waals surface area contributed by atoms with Crippen molar-refractivity contribution in [3.05, 3.63) is 70.1 Å². The maximum atomic E-state index is 11.8. The van der Waals surface area contributed by atoms with Crippen LogP contribution in [0.15, 0.2) is 64.5 Å². The zero-order valence-corrected chi connectivity index (χ0v) is 17.2. The summed E-state index contributed by atoms with van der Waals surface area (Å²) in [4.78, 5) is 23.6. The largest absolute Gasteiger partial charge is 0.368 e. The average molecular weight is 396 g/mol. The molecule has 0 saturated heterocycles. The van der Waals surface area contributed by atoms with Gasteiger partial charge in [0.05, 0.1) is 5.39 Å². The standard InChI is InChI=1S/C22H29N5O2/c1-16(2)15-17(3)9-6-7-12-24-22(29)25-14-8-13-23-20-18-10-4-5-11-19(18)21(28)27-26-20/h4-7,9-11,15H,8,12-14H2,1-3H3,(H,23,26)(H,27,28)(H2,24,25,29)/b7-6+,17-9-. The van der Waals surface area contributed by atoms with Crippen LogP contribution in [0.3, 0.4) is 0 Å². The van der Waals surface area contributed by atoms with Gasteiger partial charge in [0.25, 0.3) is 5.56 Å². The van der Waals surface area contributed by atoms with Gasteiger partial charge in [-0.3, -0.25) is 4.79 Å². The summed E-state index contributed by atoms with van der Waals surface area (Å²) in [6.45, 7) is 7.78. The molecule has 0 atom stereocenters. The number of nitrogens with zero attached hydrogens (tertiary/aromatic N) is 1. The van der Waals surface area contributed by atoms with Crippen LogP contribution in [0.5, 0.6) is 0 Å². The number of rotatable bonds is 9. The van der Waals surface area contributed by atoms with Crippen LogP contribution in [-0.4, -0.2) is 35.9 Å². The van der Waals surface area contributed by atoms with Crippen LogP contribution in [0.25, 0.3) is 10.8 Å². The van der Waals surface area contributed by atoms with E-state index in [-0.39, 0.29) is 11.6 Å². The number of aromatic nitrogens is 2. The number of nitrogens with one attached hydrogen (secondary N) is 4. The summed E-state index contributed by atoms with van der Waals surface area (Å²) in [5.74, 6) is 0.631. The molecule has 0 aliphatic carbocycles. The Morgan fingerprint density at radius 2 is 1.86 bits per heavy atom. The van der Waals surface area contributed by atoms with E-state index in [1.54, 1.807) is 6.07 Å². The van der Waals surface area contributed by atoms with Crippen molar-refractivity contribution < 1.29 is 4.79 Å². The molecule has 154 valence electrons. The van der Waals surface area contributed by atoms with Crippen molar-refractivity contribution in [2.45, 2.75) is 27.2 Å². The molecular weight excluding hydrogens is 366 g/mol. The number of benzene rings is 1. The maximum Gasteiger partial charge on any atom is 0.315 e. The molecule has 2 aromatic rings. The van der Waals surface area contributed by atoms with Gasteiger partial charge < -0.3 is 16.0 Å². The first-order chi connectivity index (χ1) is 14.0. The highest BCUT2D eigenvalue weighted by atomic mass is 16.2. The summed E-state index contributed by atoms with van der Waals surface area (Å²) < 4.78 is 0. The second kappa shape index (κ2) is 11.5. The Kier molecular flexibility index (Phi) is 8.69. The van der Waals surface area contributed by atoms with Gasteiger partial charge in [-0.1, -0.05) is 53.6 Å². The van der Waals surface area contributed by atoms with Gasteiger partial charge in [0, 0.05) is 25.0 Å². The van der Waals surface area contributed by atoms with E-state index in [0.29, 0.717) is 30.8 Å². The van der Waals surface area contributed by atoms with Gasteiger partial charge in [0.1, 0.15) is 0 Å². The number of allylic oxidation sites excluding steroid dienone is 5. The predicted octanol–water partition coefficient (Wildman–Crippen LogP) is 3.49. The molecular formula is C22H29N5O2. The lowest BCUT2D eigenvalue weighted by atomic mass is 10.2. The molecule has 0 aliphatic rings. The van der Waals surface area contributed by atoms with Gasteiger partial charge in [-0.25, -0.2) is 9.89 Å². The van der Waals surface area contributed by atoms with Gasteiger partial charge in [-0.2, -0.15) is 5.10 Å². The first-order valence-electron chi connectivity index (χ1n) is 9.68. The molecule has 0 fully saturated rings. The van der Waals surface area contributed by atoms with Crippen molar-refractivity contribution in [2.24, 2.45) is 0 Å². The second-order valence-electron chi connectivity index (χ2n) is 6.92. The van der Waals surface area contributed by atoms with E-state index in [4.69, 9.17) is 0 Å². The summed E-state index contributed by atoms with van der Waals surface area (Å²) >= 11 is 0. The first-order valence-corrected chi connectivity index (χ1v) is 9.68. The molecule has 0 aliphatic heterocycles. The number of hydrogen-bond donors (Lipinski definition) is 4. The molecule has 7 nitrogen and oxygen atoms in total. The van der Waals surface area contributed by atoms with Crippen molar-refractivity contribution in [1.29, 1.82) is 0 Å². The summed E-state index contributed by atoms with van der Waals surface area (Å²) in [6.07, 6.45) is 8.66. The SMILES string of the molecule is CC(C)=C/C(C)=C\C=C\CNC(=O)NCCCNc1n[nH]c(=O)c2ccccc12. The summed E-state index contributed by atoms with van der Waals surface area (Å²) in [6, 6.07) is 7.11. The smallest absolute Gasteiger partial charge is 0.315 e. The molecule has 1 aromatic heterocycles. The molecule has 2 rings (SSSR count). The number of aromatic amines is 1. The van der Waals surface area contributed by atoms with Gasteiger partial charge in [0.15, 0.2) is 5.82 Å². The van der Waals surface area contributed by atoms with Gasteiger partial charge in [0.2, 0.25) is 0 Å². The van der Waals surface area contributed by atoms with Gasteiger partial charge in [-0.05, 0) is 33.3 Å². The van der Waals surface area contributed by atoms with E-state index in [1.807, 2.05) is 43.4 Å². The van der Waals surface area contributed by atoms with Crippen LogP contribution >= 0.6 is 0 Å². The number of amides is 2. The molecule has 1 heterocycles. The molecule has 7 heteroatoms. The topological polar surface area (TPSA) is 98.9 Å². The Labute approximate surface area is 171 Å². The molecule has 2 amide bonds. The Balaban J connectivity index is 1.66. The summed E-state index contributed by atoms with van der Waals surface area (Å²) in [7, 11) is 0. The fourth-order valence-corrected chi connectivity index (χ4v) is 2.75. The van der Waals surface area contributed by atoms with Crippen molar-refractivity contribution in [3.63, 3.8) is 0 Å². The van der Waals surface area contributed by atoms with E-state index in [2.05, 4.69) is 46.1 Å².